The summed E-state index contributed by atoms with van der Waals surface area (Å²) < 4.78 is 0.644. The number of hydrogen-bond donors (Lipinski definition) is 1. The van der Waals surface area contributed by atoms with Crippen LogP contribution in [0.15, 0.2) is 24.4 Å². The maximum absolute atomic E-state index is 11.0. The van der Waals surface area contributed by atoms with E-state index in [1.54, 1.807) is 12.1 Å². The van der Waals surface area contributed by atoms with Crippen molar-refractivity contribution in [2.75, 3.05) is 5.32 Å². The summed E-state index contributed by atoms with van der Waals surface area (Å²) in [5.74, 6) is 0.0774. The molecule has 1 N–H and O–H groups in total. The van der Waals surface area contributed by atoms with Gasteiger partial charge in [-0.2, -0.15) is 5.26 Å². The fraction of sp³-hybridized carbons (Fsp3) is 0.0909. The zero-order chi connectivity index (χ0) is 13.8. The lowest BCUT2D eigenvalue weighted by atomic mass is 10.2. The summed E-state index contributed by atoms with van der Waals surface area (Å²) in [4.78, 5) is 15.2. The van der Waals surface area contributed by atoms with Gasteiger partial charge in [0.2, 0.25) is 5.82 Å². The van der Waals surface area contributed by atoms with Crippen molar-refractivity contribution >= 4 is 34.4 Å². The summed E-state index contributed by atoms with van der Waals surface area (Å²) in [7, 11) is 0. The normalized spacial score (nSPS) is 9.89. The lowest BCUT2D eigenvalue weighted by molar-refractivity contribution is -0.384. The van der Waals surface area contributed by atoms with Crippen molar-refractivity contribution in [2.24, 2.45) is 0 Å². The Balaban J connectivity index is 2.25. The Kier molecular flexibility index (Phi) is 3.94. The van der Waals surface area contributed by atoms with E-state index in [1.807, 2.05) is 6.07 Å². The van der Waals surface area contributed by atoms with Gasteiger partial charge in [0.15, 0.2) is 0 Å². The van der Waals surface area contributed by atoms with Gasteiger partial charge in [-0.05, 0) is 18.2 Å². The summed E-state index contributed by atoms with van der Waals surface area (Å²) in [5.41, 5.74) is -0.334. The minimum Gasteiger partial charge on any atom is -0.359 e. The monoisotopic (exact) mass is 294 g/mol. The van der Waals surface area contributed by atoms with Gasteiger partial charge in [-0.3, -0.25) is 10.1 Å². The van der Waals surface area contributed by atoms with Gasteiger partial charge < -0.3 is 5.32 Å². The lowest BCUT2D eigenvalue weighted by Gasteiger charge is -2.05. The average Bonchev–Trinajstić information content (AvgIpc) is 2.81. The first kappa shape index (κ1) is 13.3. The van der Waals surface area contributed by atoms with E-state index in [0.29, 0.717) is 10.9 Å². The van der Waals surface area contributed by atoms with Crippen LogP contribution in [0, 0.1) is 21.4 Å². The van der Waals surface area contributed by atoms with Crippen LogP contribution in [0.25, 0.3) is 0 Å². The van der Waals surface area contributed by atoms with E-state index in [4.69, 9.17) is 16.9 Å². The van der Waals surface area contributed by atoms with Crippen molar-refractivity contribution in [3.05, 3.63) is 49.3 Å². The molecule has 0 fully saturated rings. The number of nitrogens with one attached hydrogen (secondary N) is 1. The third-order valence-electron chi connectivity index (χ3n) is 2.29. The molecular weight excluding hydrogens is 288 g/mol. The maximum Gasteiger partial charge on any atom is 0.328 e. The minimum atomic E-state index is -0.616. The number of thiophene rings is 1. The molecule has 0 amide bonds. The smallest absolute Gasteiger partial charge is 0.328 e. The predicted octanol–water partition coefficient (Wildman–Crippen LogP) is 3.19. The second-order valence-electron chi connectivity index (χ2n) is 3.48. The highest BCUT2D eigenvalue weighted by Gasteiger charge is 2.20. The number of nitro groups is 1. The van der Waals surface area contributed by atoms with Crippen LogP contribution in [-0.2, 0) is 6.54 Å². The number of rotatable bonds is 4. The molecule has 2 aromatic heterocycles. The largest absolute Gasteiger partial charge is 0.359 e. The molecule has 19 heavy (non-hydrogen) atoms. The second-order valence-corrected chi connectivity index (χ2v) is 5.28. The van der Waals surface area contributed by atoms with Gasteiger partial charge in [0.25, 0.3) is 0 Å². The number of hydrogen-bond acceptors (Lipinski definition) is 6. The van der Waals surface area contributed by atoms with Crippen molar-refractivity contribution in [3.8, 4) is 6.07 Å². The lowest BCUT2D eigenvalue weighted by Crippen LogP contribution is -2.05. The molecule has 6 nitrogen and oxygen atoms in total. The summed E-state index contributed by atoms with van der Waals surface area (Å²) >= 11 is 7.17. The minimum absolute atomic E-state index is 0.0216. The van der Waals surface area contributed by atoms with Crippen LogP contribution in [0.3, 0.4) is 0 Å². The molecule has 96 valence electrons. The fourth-order valence-corrected chi connectivity index (χ4v) is 2.50. The Hall–Kier alpha value is -2.17. The summed E-state index contributed by atoms with van der Waals surface area (Å²) in [5, 5.41) is 22.7. The van der Waals surface area contributed by atoms with Crippen molar-refractivity contribution in [1.29, 1.82) is 5.26 Å². The molecule has 0 spiro atoms. The molecule has 2 heterocycles. The molecule has 0 atom stereocenters. The van der Waals surface area contributed by atoms with Crippen LogP contribution in [-0.4, -0.2) is 9.91 Å². The van der Waals surface area contributed by atoms with E-state index in [0.717, 1.165) is 4.88 Å². The number of nitrogens with zero attached hydrogens (tertiary/aromatic N) is 3. The van der Waals surface area contributed by atoms with Crippen LogP contribution in [0.4, 0.5) is 11.5 Å². The molecule has 0 aliphatic rings. The molecule has 8 heteroatoms. The van der Waals surface area contributed by atoms with Gasteiger partial charge in [-0.15, -0.1) is 11.3 Å². The number of nitriles is 1. The quantitative estimate of drug-likeness (QED) is 0.690. The maximum atomic E-state index is 11.0. The molecule has 0 aliphatic carbocycles. The predicted molar refractivity (Wildman–Crippen MR) is 72.3 cm³/mol. The average molecular weight is 295 g/mol. The highest BCUT2D eigenvalue weighted by molar-refractivity contribution is 7.16. The van der Waals surface area contributed by atoms with Crippen LogP contribution < -0.4 is 5.32 Å². The van der Waals surface area contributed by atoms with E-state index >= 15 is 0 Å². The molecule has 0 aliphatic heterocycles. The summed E-state index contributed by atoms with van der Waals surface area (Å²) in [6.07, 6.45) is 1.36. The van der Waals surface area contributed by atoms with E-state index in [9.17, 15) is 10.1 Å². The Morgan fingerprint density at radius 2 is 2.32 bits per heavy atom. The van der Waals surface area contributed by atoms with Gasteiger partial charge in [-0.25, -0.2) is 4.98 Å². The first-order chi connectivity index (χ1) is 9.11. The van der Waals surface area contributed by atoms with Crippen molar-refractivity contribution in [3.63, 3.8) is 0 Å². The highest BCUT2D eigenvalue weighted by Crippen LogP contribution is 2.27. The van der Waals surface area contributed by atoms with Gasteiger partial charge >= 0.3 is 5.69 Å². The molecule has 0 aromatic carbocycles. The Bertz CT molecular complexity index is 665. The van der Waals surface area contributed by atoms with Crippen molar-refractivity contribution < 1.29 is 4.92 Å². The SMILES string of the molecule is N#Cc1ccnc(NCc2ccc(Cl)s2)c1[N+](=O)[O-]. The van der Waals surface area contributed by atoms with Gasteiger partial charge in [0.1, 0.15) is 11.6 Å². The van der Waals surface area contributed by atoms with Crippen LogP contribution in [0.5, 0.6) is 0 Å². The van der Waals surface area contributed by atoms with E-state index in [-0.39, 0.29) is 17.1 Å². The van der Waals surface area contributed by atoms with Crippen molar-refractivity contribution in [2.45, 2.75) is 6.54 Å². The third kappa shape index (κ3) is 2.99. The molecular formula is C11H7ClN4O2S. The Morgan fingerprint density at radius 3 is 2.89 bits per heavy atom. The van der Waals surface area contributed by atoms with Crippen LogP contribution in [0.1, 0.15) is 10.4 Å². The zero-order valence-corrected chi connectivity index (χ0v) is 11.0. The Labute approximate surface area is 117 Å². The molecule has 0 saturated carbocycles. The third-order valence-corrected chi connectivity index (χ3v) is 3.52. The fourth-order valence-electron chi connectivity index (χ4n) is 1.48. The second kappa shape index (κ2) is 5.65. The van der Waals surface area contributed by atoms with E-state index in [1.165, 1.54) is 23.6 Å². The summed E-state index contributed by atoms with van der Waals surface area (Å²) in [6.45, 7) is 0.361. The molecule has 0 radical (unpaired) electrons. The number of halogens is 1. The molecule has 2 aromatic rings. The van der Waals surface area contributed by atoms with Crippen molar-refractivity contribution in [1.82, 2.24) is 4.98 Å². The van der Waals surface area contributed by atoms with Gasteiger partial charge in [0, 0.05) is 11.1 Å². The van der Waals surface area contributed by atoms with Gasteiger partial charge in [0.05, 0.1) is 15.8 Å². The Morgan fingerprint density at radius 1 is 1.53 bits per heavy atom. The number of pyridine rings is 1. The highest BCUT2D eigenvalue weighted by atomic mass is 35.5. The topological polar surface area (TPSA) is 91.8 Å². The van der Waals surface area contributed by atoms with E-state index < -0.39 is 4.92 Å². The standard InChI is InChI=1S/C11H7ClN4O2S/c12-9-2-1-8(19-9)6-15-11-10(16(17)18)7(5-13)3-4-14-11/h1-4H,6H2,(H,14,15). The van der Waals surface area contributed by atoms with E-state index in [2.05, 4.69) is 10.3 Å². The molecule has 0 unspecified atom stereocenters. The first-order valence-electron chi connectivity index (χ1n) is 5.13. The van der Waals surface area contributed by atoms with Crippen LogP contribution in [0.2, 0.25) is 4.34 Å². The molecule has 2 rings (SSSR count). The first-order valence-corrected chi connectivity index (χ1v) is 6.33. The van der Waals surface area contributed by atoms with Crippen LogP contribution >= 0.6 is 22.9 Å². The van der Waals surface area contributed by atoms with Gasteiger partial charge in [-0.1, -0.05) is 11.6 Å². The number of anilines is 1. The molecule has 0 saturated heterocycles. The molecule has 0 bridgehead atoms. The summed E-state index contributed by atoms with van der Waals surface area (Å²) in [6, 6.07) is 6.66. The number of aromatic nitrogens is 1. The zero-order valence-electron chi connectivity index (χ0n) is 9.46.